The van der Waals surface area contributed by atoms with E-state index < -0.39 is 0 Å². The molecule has 0 aromatic heterocycles. The Kier molecular flexibility index (Phi) is 4.69. The van der Waals surface area contributed by atoms with Crippen molar-refractivity contribution in [1.82, 2.24) is 0 Å². The van der Waals surface area contributed by atoms with Crippen LogP contribution in [-0.2, 0) is 0 Å². The molecule has 1 N–H and O–H groups in total. The Balaban J connectivity index is 4.19. The van der Waals surface area contributed by atoms with Gasteiger partial charge in [0.05, 0.1) is 6.10 Å². The molecule has 0 aliphatic carbocycles. The van der Waals surface area contributed by atoms with Crippen LogP contribution >= 0.6 is 15.9 Å². The molecule has 0 fully saturated rings. The van der Waals surface area contributed by atoms with E-state index in [4.69, 9.17) is 0 Å². The molecule has 0 aromatic carbocycles. The van der Waals surface area contributed by atoms with E-state index in [2.05, 4.69) is 22.5 Å². The second-order valence-corrected chi connectivity index (χ2v) is 3.88. The van der Waals surface area contributed by atoms with E-state index in [1.165, 1.54) is 0 Å². The smallest absolute Gasteiger partial charge is 0.0757 e. The molecule has 64 valence electrons. The molecular weight excluding hydrogens is 204 g/mol. The number of hydrogen-bond acceptors (Lipinski definition) is 1. The zero-order valence-electron chi connectivity index (χ0n) is 7.26. The van der Waals surface area contributed by atoms with Crippen LogP contribution in [0.3, 0.4) is 0 Å². The maximum absolute atomic E-state index is 9.40. The Morgan fingerprint density at radius 1 is 1.55 bits per heavy atom. The highest BCUT2D eigenvalue weighted by atomic mass is 79.9. The first-order valence-electron chi connectivity index (χ1n) is 3.66. The van der Waals surface area contributed by atoms with Crippen molar-refractivity contribution in [3.63, 3.8) is 0 Å². The van der Waals surface area contributed by atoms with Crippen molar-refractivity contribution in [1.29, 1.82) is 0 Å². The lowest BCUT2D eigenvalue weighted by atomic mass is 10.1. The highest BCUT2D eigenvalue weighted by Gasteiger charge is 2.06. The Labute approximate surface area is 76.9 Å². The third-order valence-corrected chi connectivity index (χ3v) is 2.35. The molecule has 1 atom stereocenters. The normalized spacial score (nSPS) is 15.3. The second-order valence-electron chi connectivity index (χ2n) is 3.03. The number of hydrogen-bond donors (Lipinski definition) is 1. The van der Waals surface area contributed by atoms with E-state index in [-0.39, 0.29) is 12.0 Å². The molecule has 0 spiro atoms. The van der Waals surface area contributed by atoms with E-state index in [0.29, 0.717) is 0 Å². The Morgan fingerprint density at radius 3 is 2.27 bits per heavy atom. The monoisotopic (exact) mass is 218 g/mol. The SMILES string of the molecule is C=C(C)/C(Br)=C/C(O)C(C)C. The third kappa shape index (κ3) is 4.38. The van der Waals surface area contributed by atoms with Gasteiger partial charge in [0.2, 0.25) is 0 Å². The largest absolute Gasteiger partial charge is 0.389 e. The molecule has 0 heterocycles. The van der Waals surface area contributed by atoms with E-state index in [9.17, 15) is 5.11 Å². The fourth-order valence-corrected chi connectivity index (χ4v) is 0.755. The van der Waals surface area contributed by atoms with Crippen molar-refractivity contribution in [2.75, 3.05) is 0 Å². The maximum atomic E-state index is 9.40. The van der Waals surface area contributed by atoms with Gasteiger partial charge in [-0.2, -0.15) is 0 Å². The average molecular weight is 219 g/mol. The summed E-state index contributed by atoms with van der Waals surface area (Å²) in [4.78, 5) is 0. The van der Waals surface area contributed by atoms with Crippen LogP contribution in [-0.4, -0.2) is 11.2 Å². The number of allylic oxidation sites excluding steroid dienone is 2. The van der Waals surface area contributed by atoms with Crippen LogP contribution in [0.15, 0.2) is 22.7 Å². The van der Waals surface area contributed by atoms with Gasteiger partial charge >= 0.3 is 0 Å². The number of aliphatic hydroxyl groups excluding tert-OH is 1. The molecule has 0 aliphatic heterocycles. The summed E-state index contributed by atoms with van der Waals surface area (Å²) < 4.78 is 0.888. The van der Waals surface area contributed by atoms with Crippen molar-refractivity contribution in [3.8, 4) is 0 Å². The first-order chi connectivity index (χ1) is 4.95. The van der Waals surface area contributed by atoms with Crippen LogP contribution in [0, 0.1) is 5.92 Å². The Hall–Kier alpha value is -0.0800. The first kappa shape index (κ1) is 10.9. The summed E-state index contributed by atoms with van der Waals surface area (Å²) in [6, 6.07) is 0. The van der Waals surface area contributed by atoms with Gasteiger partial charge in [0, 0.05) is 4.48 Å². The van der Waals surface area contributed by atoms with E-state index in [1.807, 2.05) is 20.8 Å². The zero-order valence-corrected chi connectivity index (χ0v) is 8.85. The standard InChI is InChI=1S/C9H15BrO/c1-6(2)8(10)5-9(11)7(3)4/h5,7,9,11H,1H2,2-4H3/b8-5-. The molecule has 0 aromatic rings. The van der Waals surface area contributed by atoms with Crippen molar-refractivity contribution >= 4 is 15.9 Å². The van der Waals surface area contributed by atoms with Gasteiger partial charge < -0.3 is 5.11 Å². The Morgan fingerprint density at radius 2 is 2.00 bits per heavy atom. The lowest BCUT2D eigenvalue weighted by molar-refractivity contribution is 0.172. The van der Waals surface area contributed by atoms with Crippen molar-refractivity contribution < 1.29 is 5.11 Å². The quantitative estimate of drug-likeness (QED) is 0.723. The highest BCUT2D eigenvalue weighted by Crippen LogP contribution is 2.17. The zero-order chi connectivity index (χ0) is 9.02. The van der Waals surface area contributed by atoms with Gasteiger partial charge in [-0.25, -0.2) is 0 Å². The van der Waals surface area contributed by atoms with Gasteiger partial charge in [-0.15, -0.1) is 0 Å². The molecule has 1 nitrogen and oxygen atoms in total. The topological polar surface area (TPSA) is 20.2 Å². The lowest BCUT2D eigenvalue weighted by Gasteiger charge is -2.10. The van der Waals surface area contributed by atoms with Crippen LogP contribution in [0.5, 0.6) is 0 Å². The minimum atomic E-state index is -0.388. The summed E-state index contributed by atoms with van der Waals surface area (Å²) in [7, 11) is 0. The molecule has 0 radical (unpaired) electrons. The molecule has 0 rings (SSSR count). The minimum Gasteiger partial charge on any atom is -0.389 e. The molecule has 0 saturated heterocycles. The minimum absolute atomic E-state index is 0.252. The van der Waals surface area contributed by atoms with Crippen molar-refractivity contribution in [3.05, 3.63) is 22.7 Å². The predicted molar refractivity (Wildman–Crippen MR) is 52.7 cm³/mol. The molecule has 11 heavy (non-hydrogen) atoms. The number of rotatable bonds is 3. The first-order valence-corrected chi connectivity index (χ1v) is 4.45. The second kappa shape index (κ2) is 4.73. The van der Waals surface area contributed by atoms with Crippen molar-refractivity contribution in [2.24, 2.45) is 5.92 Å². The molecule has 2 heteroatoms. The highest BCUT2D eigenvalue weighted by molar-refractivity contribution is 9.12. The third-order valence-electron chi connectivity index (χ3n) is 1.41. The van der Waals surface area contributed by atoms with Crippen LogP contribution in [0.4, 0.5) is 0 Å². The van der Waals surface area contributed by atoms with Gasteiger partial charge in [0.15, 0.2) is 0 Å². The lowest BCUT2D eigenvalue weighted by Crippen LogP contribution is -2.11. The summed E-state index contributed by atoms with van der Waals surface area (Å²) >= 11 is 3.31. The van der Waals surface area contributed by atoms with Crippen molar-refractivity contribution in [2.45, 2.75) is 26.9 Å². The predicted octanol–water partition coefficient (Wildman–Crippen LogP) is 2.86. The molecule has 0 bridgehead atoms. The van der Waals surface area contributed by atoms with E-state index in [1.54, 1.807) is 6.08 Å². The van der Waals surface area contributed by atoms with Crippen LogP contribution < -0.4 is 0 Å². The summed E-state index contributed by atoms with van der Waals surface area (Å²) in [5, 5.41) is 9.40. The molecular formula is C9H15BrO. The fourth-order valence-electron chi connectivity index (χ4n) is 0.485. The maximum Gasteiger partial charge on any atom is 0.0757 e. The number of aliphatic hydroxyl groups is 1. The summed E-state index contributed by atoms with van der Waals surface area (Å²) in [6.07, 6.45) is 1.38. The number of halogens is 1. The van der Waals surface area contributed by atoms with Gasteiger partial charge in [0.1, 0.15) is 0 Å². The average Bonchev–Trinajstić information content (AvgIpc) is 1.87. The van der Waals surface area contributed by atoms with Crippen LogP contribution in [0.25, 0.3) is 0 Å². The summed E-state index contributed by atoms with van der Waals surface area (Å²) in [5.41, 5.74) is 0.935. The van der Waals surface area contributed by atoms with Crippen LogP contribution in [0.2, 0.25) is 0 Å². The Bertz CT molecular complexity index is 170. The van der Waals surface area contributed by atoms with Gasteiger partial charge in [-0.1, -0.05) is 36.4 Å². The van der Waals surface area contributed by atoms with Crippen LogP contribution in [0.1, 0.15) is 20.8 Å². The molecule has 0 saturated carbocycles. The summed E-state index contributed by atoms with van der Waals surface area (Å²) in [5.74, 6) is 0.252. The summed E-state index contributed by atoms with van der Waals surface area (Å²) in [6.45, 7) is 9.58. The molecule has 0 amide bonds. The van der Waals surface area contributed by atoms with Gasteiger partial charge in [0.25, 0.3) is 0 Å². The van der Waals surface area contributed by atoms with E-state index in [0.717, 1.165) is 10.1 Å². The molecule has 0 aliphatic rings. The fraction of sp³-hybridized carbons (Fsp3) is 0.556. The van der Waals surface area contributed by atoms with E-state index >= 15 is 0 Å². The molecule has 1 unspecified atom stereocenters. The van der Waals surface area contributed by atoms with Gasteiger partial charge in [-0.3, -0.25) is 0 Å². The van der Waals surface area contributed by atoms with Gasteiger partial charge in [-0.05, 0) is 24.5 Å².